The molecule has 1 amide bonds. The molecule has 0 unspecified atom stereocenters. The fourth-order valence-electron chi connectivity index (χ4n) is 3.94. The van der Waals surface area contributed by atoms with E-state index in [-0.39, 0.29) is 59.6 Å². The number of hydrogen-bond donors (Lipinski definition) is 0. The summed E-state index contributed by atoms with van der Waals surface area (Å²) in [6, 6.07) is 0. The zero-order valence-electron chi connectivity index (χ0n) is 17.8. The Kier molecular flexibility index (Phi) is 6.43. The van der Waals surface area contributed by atoms with Gasteiger partial charge >= 0.3 is 0 Å². The highest BCUT2D eigenvalue weighted by molar-refractivity contribution is 9.10. The van der Waals surface area contributed by atoms with Gasteiger partial charge in [0.1, 0.15) is 17.1 Å². The van der Waals surface area contributed by atoms with E-state index in [9.17, 15) is 22.0 Å². The molecule has 1 aliphatic heterocycles. The van der Waals surface area contributed by atoms with Crippen LogP contribution in [0.15, 0.2) is 15.6 Å². The van der Waals surface area contributed by atoms with Crippen LogP contribution in [0.25, 0.3) is 0 Å². The minimum atomic E-state index is -3.71. The van der Waals surface area contributed by atoms with Gasteiger partial charge in [0.05, 0.1) is 15.9 Å². The maximum atomic E-state index is 13.3. The monoisotopic (exact) mass is 534 g/mol. The largest absolute Gasteiger partial charge is 0.338 e. The number of carbonyl (C=O) groups is 1. The van der Waals surface area contributed by atoms with E-state index in [1.165, 1.54) is 15.2 Å². The Morgan fingerprint density at radius 1 is 1.22 bits per heavy atom. The summed E-state index contributed by atoms with van der Waals surface area (Å²) in [5, 5.41) is 8.18. The molecule has 2 fully saturated rings. The van der Waals surface area contributed by atoms with Crippen LogP contribution in [0.2, 0.25) is 0 Å². The number of sulfonamides is 1. The van der Waals surface area contributed by atoms with E-state index in [1.54, 1.807) is 16.5 Å². The highest BCUT2D eigenvalue weighted by atomic mass is 79.9. The van der Waals surface area contributed by atoms with Crippen molar-refractivity contribution in [2.75, 3.05) is 26.2 Å². The van der Waals surface area contributed by atoms with E-state index >= 15 is 0 Å². The summed E-state index contributed by atoms with van der Waals surface area (Å²) >= 11 is 3.23. The zero-order chi connectivity index (χ0) is 23.2. The van der Waals surface area contributed by atoms with E-state index in [1.807, 2.05) is 6.92 Å². The van der Waals surface area contributed by atoms with Gasteiger partial charge in [-0.3, -0.25) is 14.2 Å². The lowest BCUT2D eigenvalue weighted by molar-refractivity contribution is -0.133. The quantitative estimate of drug-likeness (QED) is 0.544. The molecule has 0 radical (unpaired) electrons. The Morgan fingerprint density at radius 2 is 1.88 bits per heavy atom. The van der Waals surface area contributed by atoms with Gasteiger partial charge < -0.3 is 4.90 Å². The SMILES string of the molecule is CCn1cc(S(=O)(=O)N2CCN(C(=O)Cn3nc(C(F)F)c(Br)c3C3CC3)CC2)c(C)n1. The Bertz CT molecular complexity index is 1120. The lowest BCUT2D eigenvalue weighted by Gasteiger charge is -2.34. The summed E-state index contributed by atoms with van der Waals surface area (Å²) in [6.07, 6.45) is 0.558. The topological polar surface area (TPSA) is 93.3 Å². The molecule has 1 aliphatic carbocycles. The summed E-state index contributed by atoms with van der Waals surface area (Å²) in [5.41, 5.74) is 0.730. The van der Waals surface area contributed by atoms with E-state index in [0.717, 1.165) is 12.8 Å². The maximum absolute atomic E-state index is 13.3. The molecule has 4 rings (SSSR count). The number of aromatic nitrogens is 4. The average molecular weight is 535 g/mol. The van der Waals surface area contributed by atoms with Gasteiger partial charge in [-0.2, -0.15) is 14.5 Å². The second kappa shape index (κ2) is 8.82. The van der Waals surface area contributed by atoms with Crippen molar-refractivity contribution in [3.05, 3.63) is 27.8 Å². The van der Waals surface area contributed by atoms with Crippen molar-refractivity contribution < 1.29 is 22.0 Å². The molecule has 1 saturated heterocycles. The Hall–Kier alpha value is -1.86. The predicted molar refractivity (Wildman–Crippen MR) is 115 cm³/mol. The Morgan fingerprint density at radius 3 is 2.41 bits per heavy atom. The maximum Gasteiger partial charge on any atom is 0.283 e. The first kappa shape index (κ1) is 23.3. The van der Waals surface area contributed by atoms with Crippen molar-refractivity contribution in [2.45, 2.75) is 57.0 Å². The molecule has 13 heteroatoms. The number of amides is 1. The summed E-state index contributed by atoms with van der Waals surface area (Å²) in [6.45, 7) is 4.72. The lowest BCUT2D eigenvalue weighted by atomic mass is 10.2. The third kappa shape index (κ3) is 4.34. The molecule has 32 heavy (non-hydrogen) atoms. The van der Waals surface area contributed by atoms with Crippen molar-refractivity contribution in [1.82, 2.24) is 28.8 Å². The number of piperazine rings is 1. The number of nitrogens with zero attached hydrogens (tertiary/aromatic N) is 6. The molecule has 2 aromatic heterocycles. The second-order valence-electron chi connectivity index (χ2n) is 8.04. The molecule has 0 aromatic carbocycles. The highest BCUT2D eigenvalue weighted by Crippen LogP contribution is 2.45. The van der Waals surface area contributed by atoms with Crippen molar-refractivity contribution in [1.29, 1.82) is 0 Å². The standard InChI is InChI=1S/C19H25BrF2N6O3S/c1-3-26-10-14(12(2)23-26)32(30,31)27-8-6-25(7-9-27)15(29)11-28-18(13-4-5-13)16(20)17(24-28)19(21)22/h10,13,19H,3-9,11H2,1-2H3. The Balaban J connectivity index is 1.43. The van der Waals surface area contributed by atoms with Crippen molar-refractivity contribution in [3.63, 3.8) is 0 Å². The van der Waals surface area contributed by atoms with Crippen molar-refractivity contribution in [2.24, 2.45) is 0 Å². The fourth-order valence-corrected chi connectivity index (χ4v) is 6.31. The van der Waals surface area contributed by atoms with Gasteiger partial charge in [-0.15, -0.1) is 0 Å². The van der Waals surface area contributed by atoms with E-state index in [4.69, 9.17) is 0 Å². The third-order valence-corrected chi connectivity index (χ3v) is 8.66. The minimum absolute atomic E-state index is 0.131. The van der Waals surface area contributed by atoms with Crippen LogP contribution in [0.4, 0.5) is 8.78 Å². The molecule has 3 heterocycles. The first-order chi connectivity index (χ1) is 15.1. The number of alkyl halides is 2. The summed E-state index contributed by atoms with van der Waals surface area (Å²) in [7, 11) is -3.71. The third-order valence-electron chi connectivity index (χ3n) is 5.85. The van der Waals surface area contributed by atoms with Crippen LogP contribution in [0.5, 0.6) is 0 Å². The molecule has 0 atom stereocenters. The van der Waals surface area contributed by atoms with Gasteiger partial charge in [0.15, 0.2) is 0 Å². The summed E-state index contributed by atoms with van der Waals surface area (Å²) in [4.78, 5) is 14.6. The molecule has 2 aromatic rings. The van der Waals surface area contributed by atoms with Crippen LogP contribution in [-0.4, -0.2) is 69.3 Å². The molecule has 0 spiro atoms. The molecular formula is C19H25BrF2N6O3S. The van der Waals surface area contributed by atoms with Crippen molar-refractivity contribution >= 4 is 31.9 Å². The van der Waals surface area contributed by atoms with Crippen LogP contribution in [0.3, 0.4) is 0 Å². The van der Waals surface area contributed by atoms with Crippen molar-refractivity contribution in [3.8, 4) is 0 Å². The Labute approximate surface area is 193 Å². The molecule has 1 saturated carbocycles. The van der Waals surface area contributed by atoms with E-state index in [2.05, 4.69) is 26.1 Å². The van der Waals surface area contributed by atoms with Crippen LogP contribution >= 0.6 is 15.9 Å². The number of carbonyl (C=O) groups excluding carboxylic acids is 1. The molecular weight excluding hydrogens is 510 g/mol. The summed E-state index contributed by atoms with van der Waals surface area (Å²) < 4.78 is 57.2. The zero-order valence-corrected chi connectivity index (χ0v) is 20.2. The number of rotatable bonds is 7. The van der Waals surface area contributed by atoms with Gasteiger partial charge in [0, 0.05) is 44.8 Å². The summed E-state index contributed by atoms with van der Waals surface area (Å²) in [5.74, 6) is -0.138. The normalized spacial score (nSPS) is 18.0. The van der Waals surface area contributed by atoms with Gasteiger partial charge in [-0.25, -0.2) is 17.2 Å². The van der Waals surface area contributed by atoms with Crippen LogP contribution in [-0.2, 0) is 27.9 Å². The predicted octanol–water partition coefficient (Wildman–Crippen LogP) is 2.52. The molecule has 0 bridgehead atoms. The van der Waals surface area contributed by atoms with Gasteiger partial charge in [0.2, 0.25) is 15.9 Å². The molecule has 2 aliphatic rings. The van der Waals surface area contributed by atoms with Gasteiger partial charge in [-0.1, -0.05) is 0 Å². The smallest absolute Gasteiger partial charge is 0.283 e. The van der Waals surface area contributed by atoms with Crippen LogP contribution in [0.1, 0.15) is 49.2 Å². The lowest BCUT2D eigenvalue weighted by Crippen LogP contribution is -2.51. The van der Waals surface area contributed by atoms with E-state index < -0.39 is 16.4 Å². The first-order valence-electron chi connectivity index (χ1n) is 10.5. The first-order valence-corrected chi connectivity index (χ1v) is 12.7. The minimum Gasteiger partial charge on any atom is -0.338 e. The second-order valence-corrected chi connectivity index (χ2v) is 10.7. The number of halogens is 3. The molecule has 9 nitrogen and oxygen atoms in total. The van der Waals surface area contributed by atoms with E-state index in [0.29, 0.717) is 17.9 Å². The van der Waals surface area contributed by atoms with Gasteiger partial charge in [0.25, 0.3) is 6.43 Å². The van der Waals surface area contributed by atoms with Gasteiger partial charge in [-0.05, 0) is 42.6 Å². The van der Waals surface area contributed by atoms with Crippen LogP contribution in [0, 0.1) is 6.92 Å². The fraction of sp³-hybridized carbons (Fsp3) is 0.632. The highest BCUT2D eigenvalue weighted by Gasteiger charge is 2.36. The molecule has 176 valence electrons. The average Bonchev–Trinajstić information content (AvgIpc) is 3.43. The number of hydrogen-bond acceptors (Lipinski definition) is 5. The number of aryl methyl sites for hydroxylation is 2. The van der Waals surface area contributed by atoms with Crippen LogP contribution < -0.4 is 0 Å². The molecule has 0 N–H and O–H groups in total.